The molecule has 0 saturated carbocycles. The number of carbonyl (C=O) groups is 11. The van der Waals surface area contributed by atoms with Gasteiger partial charge in [0.1, 0.15) is 23.7 Å². The van der Waals surface area contributed by atoms with E-state index in [2.05, 4.69) is 46.7 Å². The number of sulfonamides is 1. The fourth-order valence-electron chi connectivity index (χ4n) is 10.2. The van der Waals surface area contributed by atoms with Crippen molar-refractivity contribution in [1.29, 1.82) is 0 Å². The third-order valence-electron chi connectivity index (χ3n) is 15.0. The second kappa shape index (κ2) is 40.8. The predicted octanol–water partition coefficient (Wildman–Crippen LogP) is -1.86. The Kier molecular flexibility index (Phi) is 33.9. The van der Waals surface area contributed by atoms with Crippen LogP contribution in [0.25, 0.3) is 10.9 Å². The maximum Gasteiger partial charge on any atom is 3.00 e. The van der Waals surface area contributed by atoms with Crippen LogP contribution in [0.4, 0.5) is 5.82 Å². The van der Waals surface area contributed by atoms with Gasteiger partial charge in [-0.05, 0) is 93.1 Å². The number of aryl methyl sites for hydroxylation is 3. The molecule has 13 N–H and O–H groups in total. The van der Waals surface area contributed by atoms with Crippen molar-refractivity contribution in [3.63, 3.8) is 0 Å². The van der Waals surface area contributed by atoms with Gasteiger partial charge in [0.05, 0.1) is 55.3 Å². The van der Waals surface area contributed by atoms with E-state index in [0.29, 0.717) is 18.5 Å². The van der Waals surface area contributed by atoms with Gasteiger partial charge in [-0.3, -0.25) is 77.0 Å². The number of ether oxygens (including phenoxy) is 1. The van der Waals surface area contributed by atoms with E-state index in [0.717, 1.165) is 17.8 Å². The number of hydrogen-bond acceptors (Lipinski definition) is 21. The summed E-state index contributed by atoms with van der Waals surface area (Å²) < 4.78 is 37.2. The van der Waals surface area contributed by atoms with Gasteiger partial charge in [-0.25, -0.2) is 13.4 Å². The molecule has 5 rings (SSSR count). The molecule has 96 heavy (non-hydrogen) atoms. The number of carboxylic acid groups (broad SMARTS) is 6. The van der Waals surface area contributed by atoms with Crippen LogP contribution in [-0.4, -0.2) is 295 Å². The Hall–Kier alpha value is -8.55. The number of aliphatic carboxylic acids is 6. The van der Waals surface area contributed by atoms with E-state index >= 15 is 0 Å². The van der Waals surface area contributed by atoms with Crippen molar-refractivity contribution in [3.8, 4) is 5.75 Å². The number of benzene rings is 2. The molecule has 0 bridgehead atoms. The summed E-state index contributed by atoms with van der Waals surface area (Å²) in [6.07, 6.45) is 2.33. The second-order valence-electron chi connectivity index (χ2n) is 22.6. The molecule has 36 heteroatoms. The van der Waals surface area contributed by atoms with Crippen molar-refractivity contribution in [3.05, 3.63) is 77.6 Å². The molecule has 0 spiro atoms. The Balaban J connectivity index is 0.0000196. The summed E-state index contributed by atoms with van der Waals surface area (Å²) in [6.45, 7) is 2.45. The molecule has 1 fully saturated rings. The molecule has 2 aromatic heterocycles. The van der Waals surface area contributed by atoms with Crippen LogP contribution in [0.15, 0.2) is 65.8 Å². The van der Waals surface area contributed by atoms with Crippen LogP contribution in [0.3, 0.4) is 0 Å². The average Bonchev–Trinajstić information content (AvgIpc) is 0.840. The number of aromatic nitrogens is 3. The van der Waals surface area contributed by atoms with Crippen LogP contribution in [0.1, 0.15) is 66.4 Å². The first-order valence-corrected chi connectivity index (χ1v) is 32.1. The number of fused-ring (bicyclic) bond motifs is 1. The number of anilines is 1. The molecule has 3 heterocycles. The molecule has 0 radical (unpaired) electrons. The van der Waals surface area contributed by atoms with Crippen molar-refractivity contribution in [2.24, 2.45) is 5.92 Å². The Morgan fingerprint density at radius 2 is 1.17 bits per heavy atom. The van der Waals surface area contributed by atoms with Crippen molar-refractivity contribution < 1.29 is 96.5 Å². The first kappa shape index (κ1) is 79.9. The molecule has 1 saturated heterocycles. The quantitative estimate of drug-likeness (QED) is 0.0218. The minimum Gasteiger partial charge on any atom is -0.494 e. The normalized spacial score (nSPS) is 14.6. The number of carbonyl (C=O) groups excluding carboxylic acids is 5. The Morgan fingerprint density at radius 3 is 1.72 bits per heavy atom. The monoisotopic (exact) mass is 1470 g/mol. The largest absolute Gasteiger partial charge is 3.00 e. The fraction of sp³-hybridized carbons (Fsp3) is 0.517. The van der Waals surface area contributed by atoms with E-state index in [1.807, 2.05) is 18.2 Å². The molecule has 1 unspecified atom stereocenters. The smallest absolute Gasteiger partial charge is 0.494 e. The SMILES string of the molecule is Cc1cc(OCCCC(=O)NCCNC(=O)C(CCC(=O)O)NC(=O)[C@H](CCC(=O)O)CNC(=O)CN2CCN(CC(=O)O)CCN(CC(=O)O)CCN(CC(=O)O)CC2)cc(C)c1S(=O)(=O)N[C@@H](CNC(=O)c1ccc2c(cnn2CCCNc2ccccn2)c1)C(=O)O.[In+3]. The third-order valence-corrected chi connectivity index (χ3v) is 16.8. The van der Waals surface area contributed by atoms with Crippen LogP contribution >= 0.6 is 0 Å². The molecule has 5 amide bonds. The molecule has 3 atom stereocenters. The average molecular weight is 1470 g/mol. The van der Waals surface area contributed by atoms with E-state index in [4.69, 9.17) is 4.74 Å². The molecule has 4 aromatic rings. The van der Waals surface area contributed by atoms with Gasteiger partial charge >= 0.3 is 61.7 Å². The van der Waals surface area contributed by atoms with Gasteiger partial charge < -0.3 is 67.3 Å². The predicted molar refractivity (Wildman–Crippen MR) is 344 cm³/mol. The van der Waals surface area contributed by atoms with Crippen LogP contribution in [0.2, 0.25) is 0 Å². The molecular weight excluding hydrogens is 1380 g/mol. The first-order chi connectivity index (χ1) is 45.1. The molecule has 34 nitrogen and oxygen atoms in total. The summed E-state index contributed by atoms with van der Waals surface area (Å²) >= 11 is 0. The van der Waals surface area contributed by atoms with Crippen molar-refractivity contribution in [1.82, 2.24) is 65.7 Å². The van der Waals surface area contributed by atoms with E-state index in [-0.39, 0.29) is 158 Å². The van der Waals surface area contributed by atoms with Gasteiger partial charge in [0.15, 0.2) is 0 Å². The van der Waals surface area contributed by atoms with Crippen LogP contribution in [0.5, 0.6) is 5.75 Å². The zero-order chi connectivity index (χ0) is 69.6. The zero-order valence-corrected chi connectivity index (χ0v) is 57.5. The number of amides is 5. The van der Waals surface area contributed by atoms with Crippen LogP contribution in [-0.2, 0) is 64.5 Å². The zero-order valence-electron chi connectivity index (χ0n) is 53.4. The molecule has 2 aromatic carbocycles. The van der Waals surface area contributed by atoms with Crippen LogP contribution < -0.4 is 41.4 Å². The van der Waals surface area contributed by atoms with E-state index in [1.54, 1.807) is 54.9 Å². The van der Waals surface area contributed by atoms with Gasteiger partial charge in [-0.1, -0.05) is 6.07 Å². The number of carboxylic acids is 6. The van der Waals surface area contributed by atoms with Crippen molar-refractivity contribution >= 4 is 118 Å². The standard InChI is InChI=1S/C60H84N14O20S.In/c1-39-29-44(30-40(2)56(39)95(92,93)69-46(60(90)91)34-66-57(87)41-9-12-47-43(31-41)33-67-74(47)19-6-16-62-48-7-3-4-15-61-48)94-28-5-8-49(75)63-17-18-64-59(89)45(11-14-52(79)80)68-58(88)42(10-13-51(77)78)32-65-50(76)35-70-20-22-71(36-53(81)82)24-26-73(38-55(85)86)27-25-72(23-21-70)37-54(83)84;/h3-4,7,9,12,15,29-31,33,42,45-46,69H,5-6,8,10-11,13-14,16-28,32,34-38H2,1-2H3,(H,61,62)(H,63,75)(H,64,89)(H,65,76)(H,66,87)(H,68,88)(H,77,78)(H,79,80)(H,81,82)(H,83,84)(H,85,86)(H,90,91);/q;+3/t42-,45?,46+;/m1./s1. The summed E-state index contributed by atoms with van der Waals surface area (Å²) in [5.74, 6) is -11.2. The number of nitrogens with zero attached hydrogens (tertiary/aromatic N) is 7. The fourth-order valence-corrected chi connectivity index (χ4v) is 11.9. The van der Waals surface area contributed by atoms with Gasteiger partial charge in [0, 0.05) is 128 Å². The molecule has 0 aliphatic carbocycles. The summed E-state index contributed by atoms with van der Waals surface area (Å²) in [6, 6.07) is 10.1. The van der Waals surface area contributed by atoms with Crippen molar-refractivity contribution in [2.45, 2.75) is 82.3 Å². The summed E-state index contributed by atoms with van der Waals surface area (Å²) in [7, 11) is -4.49. The van der Waals surface area contributed by atoms with Gasteiger partial charge in [0.25, 0.3) is 5.91 Å². The number of nitrogens with one attached hydrogen (secondary N) is 7. The molecule has 1 aliphatic heterocycles. The minimum absolute atomic E-state index is 0. The van der Waals surface area contributed by atoms with Crippen LogP contribution in [0, 0.1) is 19.8 Å². The second-order valence-corrected chi connectivity index (χ2v) is 24.2. The van der Waals surface area contributed by atoms with E-state index < -0.39 is 139 Å². The maximum absolute atomic E-state index is 13.7. The van der Waals surface area contributed by atoms with Gasteiger partial charge in [-0.15, -0.1) is 0 Å². The van der Waals surface area contributed by atoms with E-state index in [1.165, 1.54) is 26.0 Å². The Bertz CT molecular complexity index is 3380. The summed E-state index contributed by atoms with van der Waals surface area (Å²) in [5, 5.41) is 78.5. The van der Waals surface area contributed by atoms with E-state index in [9.17, 15) is 91.8 Å². The minimum atomic E-state index is -4.49. The molecular formula is C60H84InN14O20S+3. The van der Waals surface area contributed by atoms with Crippen molar-refractivity contribution in [2.75, 3.05) is 123 Å². The molecule has 520 valence electrons. The Morgan fingerprint density at radius 1 is 0.594 bits per heavy atom. The Labute approximate surface area is 572 Å². The topological polar surface area (TPSA) is 480 Å². The number of rotatable bonds is 39. The first-order valence-electron chi connectivity index (χ1n) is 30.6. The summed E-state index contributed by atoms with van der Waals surface area (Å²) in [5.41, 5.74) is 1.40. The third kappa shape index (κ3) is 28.8. The van der Waals surface area contributed by atoms with Gasteiger partial charge in [-0.2, -0.15) is 9.82 Å². The maximum atomic E-state index is 13.7. The number of pyridine rings is 1. The summed E-state index contributed by atoms with van der Waals surface area (Å²) in [4.78, 5) is 147. The molecule has 1 aliphatic rings. The van der Waals surface area contributed by atoms with Gasteiger partial charge in [0.2, 0.25) is 33.7 Å². The number of hydrogen-bond donors (Lipinski definition) is 13.